The molecule has 0 unspecified atom stereocenters. The molecular weight excluding hydrogens is 293 g/mol. The van der Waals surface area contributed by atoms with Gasteiger partial charge in [-0.25, -0.2) is 9.38 Å². The predicted octanol–water partition coefficient (Wildman–Crippen LogP) is 3.32. The minimum absolute atomic E-state index is 0.324. The Hall–Kier alpha value is -1.06. The Balaban J connectivity index is 3.15. The van der Waals surface area contributed by atoms with E-state index >= 15 is 0 Å². The molecule has 0 aromatic heterocycles. The van der Waals surface area contributed by atoms with Crippen molar-refractivity contribution in [3.05, 3.63) is 28.0 Å². The summed E-state index contributed by atoms with van der Waals surface area (Å²) in [5, 5.41) is 11.4. The topological polar surface area (TPSA) is 48.2 Å². The van der Waals surface area contributed by atoms with Crippen LogP contribution in [0.2, 0.25) is 0 Å². The fraction of sp³-hybridized carbons (Fsp3) is 0.200. The number of aliphatic imine (C=N–C) groups is 1. The minimum Gasteiger partial charge on any atom is -0.271 e. The molecule has 1 aromatic rings. The number of amidine groups is 1. The lowest BCUT2D eigenvalue weighted by Crippen LogP contribution is -2.12. The Morgan fingerprint density at radius 2 is 2.31 bits per heavy atom. The van der Waals surface area contributed by atoms with E-state index in [0.717, 1.165) is 0 Å². The summed E-state index contributed by atoms with van der Waals surface area (Å²) in [4.78, 5) is 4.22. The number of nitrogens with zero attached hydrogens (tertiary/aromatic N) is 2. The maximum atomic E-state index is 13.2. The highest BCUT2D eigenvalue weighted by atomic mass is 79.9. The lowest BCUT2D eigenvalue weighted by Gasteiger charge is -2.05. The van der Waals surface area contributed by atoms with Crippen LogP contribution >= 0.6 is 27.7 Å². The van der Waals surface area contributed by atoms with Gasteiger partial charge < -0.3 is 0 Å². The summed E-state index contributed by atoms with van der Waals surface area (Å²) in [6.07, 6.45) is 3.60. The highest BCUT2D eigenvalue weighted by molar-refractivity contribution is 9.10. The normalized spacial score (nSPS) is 11.1. The van der Waals surface area contributed by atoms with Crippen LogP contribution in [0.25, 0.3) is 0 Å². The van der Waals surface area contributed by atoms with E-state index < -0.39 is 0 Å². The Bertz CT molecular complexity index is 468. The molecule has 0 fully saturated rings. The van der Waals surface area contributed by atoms with Crippen molar-refractivity contribution in [2.45, 2.75) is 6.92 Å². The van der Waals surface area contributed by atoms with Crippen LogP contribution in [0.4, 0.5) is 10.1 Å². The van der Waals surface area contributed by atoms with E-state index in [1.54, 1.807) is 25.4 Å². The van der Waals surface area contributed by atoms with Crippen molar-refractivity contribution in [1.29, 1.82) is 5.26 Å². The van der Waals surface area contributed by atoms with Gasteiger partial charge in [0.1, 0.15) is 5.82 Å². The van der Waals surface area contributed by atoms with Crippen LogP contribution in [-0.4, -0.2) is 11.4 Å². The first-order valence-electron chi connectivity index (χ1n) is 4.32. The predicted molar refractivity (Wildman–Crippen MR) is 68.2 cm³/mol. The molecule has 6 heteroatoms. The summed E-state index contributed by atoms with van der Waals surface area (Å²) in [7, 11) is 0. The number of hydrogen-bond donors (Lipinski definition) is 1. The van der Waals surface area contributed by atoms with Crippen LogP contribution < -0.4 is 5.32 Å². The van der Waals surface area contributed by atoms with Gasteiger partial charge in [-0.3, -0.25) is 5.32 Å². The van der Waals surface area contributed by atoms with Gasteiger partial charge in [0.25, 0.3) is 0 Å². The van der Waals surface area contributed by atoms with Crippen LogP contribution in [0.3, 0.4) is 0 Å². The fourth-order valence-corrected chi connectivity index (χ4v) is 1.72. The summed E-state index contributed by atoms with van der Waals surface area (Å²) in [6.45, 7) is 1.76. The number of halogens is 2. The SMILES string of the molecule is CSC(=Nc1ccc(F)c(Br)c1C)NC#N. The summed E-state index contributed by atoms with van der Waals surface area (Å²) < 4.78 is 13.6. The largest absolute Gasteiger partial charge is 0.271 e. The number of thioether (sulfide) groups is 1. The molecule has 84 valence electrons. The zero-order chi connectivity index (χ0) is 12.1. The van der Waals surface area contributed by atoms with Crippen LogP contribution in [0.1, 0.15) is 5.56 Å². The first-order chi connectivity index (χ1) is 7.60. The Morgan fingerprint density at radius 3 is 2.88 bits per heavy atom. The van der Waals surface area contributed by atoms with E-state index in [9.17, 15) is 4.39 Å². The summed E-state index contributed by atoms with van der Waals surface area (Å²) >= 11 is 4.46. The first kappa shape index (κ1) is 13.0. The zero-order valence-electron chi connectivity index (χ0n) is 8.71. The molecule has 0 spiro atoms. The smallest absolute Gasteiger partial charge is 0.183 e. The van der Waals surface area contributed by atoms with Gasteiger partial charge in [-0.05, 0) is 46.8 Å². The van der Waals surface area contributed by atoms with Crippen molar-refractivity contribution < 1.29 is 4.39 Å². The molecule has 16 heavy (non-hydrogen) atoms. The van der Waals surface area contributed by atoms with Gasteiger partial charge in [0.15, 0.2) is 11.4 Å². The minimum atomic E-state index is -0.324. The monoisotopic (exact) mass is 301 g/mol. The quantitative estimate of drug-likeness (QED) is 0.375. The number of rotatable bonds is 1. The van der Waals surface area contributed by atoms with Crippen molar-refractivity contribution in [2.75, 3.05) is 6.26 Å². The number of hydrogen-bond acceptors (Lipinski definition) is 3. The molecule has 0 bridgehead atoms. The standard InChI is InChI=1S/C10H9BrFN3S/c1-6-8(4-3-7(12)9(6)11)15-10(16-2)14-5-13/h3-4H,1-2H3,(H,14,15). The first-order valence-corrected chi connectivity index (χ1v) is 6.34. The highest BCUT2D eigenvalue weighted by Gasteiger charge is 2.07. The van der Waals surface area contributed by atoms with Gasteiger partial charge >= 0.3 is 0 Å². The lowest BCUT2D eigenvalue weighted by molar-refractivity contribution is 0.620. The number of benzene rings is 1. The third kappa shape index (κ3) is 2.97. The molecule has 0 radical (unpaired) electrons. The molecule has 3 nitrogen and oxygen atoms in total. The average molecular weight is 302 g/mol. The van der Waals surface area contributed by atoms with Crippen LogP contribution in [0.5, 0.6) is 0 Å². The molecule has 0 aliphatic heterocycles. The van der Waals surface area contributed by atoms with Crippen LogP contribution in [0.15, 0.2) is 21.6 Å². The van der Waals surface area contributed by atoms with Crippen molar-refractivity contribution in [3.63, 3.8) is 0 Å². The Morgan fingerprint density at radius 1 is 1.62 bits per heavy atom. The maximum absolute atomic E-state index is 13.2. The van der Waals surface area contributed by atoms with E-state index in [1.165, 1.54) is 17.8 Å². The molecule has 0 saturated heterocycles. The molecular formula is C10H9BrFN3S. The van der Waals surface area contributed by atoms with Crippen LogP contribution in [0, 0.1) is 24.2 Å². The summed E-state index contributed by atoms with van der Waals surface area (Å²) in [5.41, 5.74) is 1.33. The van der Waals surface area contributed by atoms with Gasteiger partial charge in [0.05, 0.1) is 10.2 Å². The second-order valence-electron chi connectivity index (χ2n) is 2.86. The number of nitrogens with one attached hydrogen (secondary N) is 1. The molecule has 0 heterocycles. The summed E-state index contributed by atoms with van der Waals surface area (Å²) in [5.74, 6) is -0.324. The van der Waals surface area contributed by atoms with E-state index in [0.29, 0.717) is 20.9 Å². The Labute approximate surface area is 106 Å². The van der Waals surface area contributed by atoms with E-state index in [4.69, 9.17) is 5.26 Å². The molecule has 0 aliphatic rings. The lowest BCUT2D eigenvalue weighted by atomic mass is 10.2. The van der Waals surface area contributed by atoms with Gasteiger partial charge in [0.2, 0.25) is 0 Å². The molecule has 1 aromatic carbocycles. The van der Waals surface area contributed by atoms with Crippen LogP contribution in [-0.2, 0) is 0 Å². The second kappa shape index (κ2) is 5.87. The van der Waals surface area contributed by atoms with Gasteiger partial charge in [-0.15, -0.1) is 0 Å². The van der Waals surface area contributed by atoms with Crippen molar-refractivity contribution in [2.24, 2.45) is 4.99 Å². The highest BCUT2D eigenvalue weighted by Crippen LogP contribution is 2.29. The second-order valence-corrected chi connectivity index (χ2v) is 4.45. The molecule has 1 rings (SSSR count). The molecule has 0 amide bonds. The molecule has 0 aliphatic carbocycles. The third-order valence-corrected chi connectivity index (χ3v) is 3.44. The van der Waals surface area contributed by atoms with Crippen molar-refractivity contribution in [3.8, 4) is 6.19 Å². The van der Waals surface area contributed by atoms with Crippen molar-refractivity contribution >= 4 is 38.5 Å². The molecule has 1 N–H and O–H groups in total. The fourth-order valence-electron chi connectivity index (χ4n) is 1.04. The molecule has 0 atom stereocenters. The maximum Gasteiger partial charge on any atom is 0.183 e. The van der Waals surface area contributed by atoms with E-state index in [-0.39, 0.29) is 5.82 Å². The average Bonchev–Trinajstić information content (AvgIpc) is 2.29. The van der Waals surface area contributed by atoms with Gasteiger partial charge in [-0.2, -0.15) is 5.26 Å². The number of nitriles is 1. The third-order valence-electron chi connectivity index (χ3n) is 1.89. The summed E-state index contributed by atoms with van der Waals surface area (Å²) in [6, 6.07) is 2.91. The zero-order valence-corrected chi connectivity index (χ0v) is 11.1. The molecule has 0 saturated carbocycles. The van der Waals surface area contributed by atoms with Gasteiger partial charge in [-0.1, -0.05) is 11.8 Å². The van der Waals surface area contributed by atoms with Crippen molar-refractivity contribution in [1.82, 2.24) is 5.32 Å². The Kier molecular flexibility index (Phi) is 4.77. The van der Waals surface area contributed by atoms with Gasteiger partial charge in [0, 0.05) is 0 Å². The van der Waals surface area contributed by atoms with E-state index in [1.807, 2.05) is 0 Å². The van der Waals surface area contributed by atoms with E-state index in [2.05, 4.69) is 26.2 Å².